The zero-order valence-electron chi connectivity index (χ0n) is 16.2. The van der Waals surface area contributed by atoms with Gasteiger partial charge in [0, 0.05) is 36.0 Å². The first-order chi connectivity index (χ1) is 14.5. The maximum Gasteiger partial charge on any atom is 0.295 e. The second kappa shape index (κ2) is 8.90. The van der Waals surface area contributed by atoms with E-state index < -0.39 is 5.91 Å². The highest BCUT2D eigenvalue weighted by atomic mass is 35.5. The van der Waals surface area contributed by atoms with Crippen LogP contribution in [0, 0.1) is 6.92 Å². The standard InChI is InChI=1S/C19H18ClN5O4S/c1-10-5-12(13-6-16(20)22-8-15(13)27-2)14(7-21-10)17(26)23-18-24-25-19(30-18)29-9-11-3-4-28-11/h5-8,11H,3-4,9H2,1-2H3,(H,23,24,26)/t11-/m1/s1. The van der Waals surface area contributed by atoms with Gasteiger partial charge in [-0.2, -0.15) is 0 Å². The van der Waals surface area contributed by atoms with Crippen LogP contribution >= 0.6 is 22.9 Å². The molecule has 156 valence electrons. The van der Waals surface area contributed by atoms with Crippen LogP contribution < -0.4 is 14.8 Å². The maximum absolute atomic E-state index is 13.0. The number of hydrogen-bond donors (Lipinski definition) is 1. The number of hydrogen-bond acceptors (Lipinski definition) is 9. The molecule has 0 bridgehead atoms. The molecule has 0 aromatic carbocycles. The third kappa shape index (κ3) is 4.50. The molecule has 0 aliphatic carbocycles. The Labute approximate surface area is 181 Å². The van der Waals surface area contributed by atoms with Crippen molar-refractivity contribution < 1.29 is 19.0 Å². The van der Waals surface area contributed by atoms with Gasteiger partial charge in [-0.3, -0.25) is 15.1 Å². The van der Waals surface area contributed by atoms with E-state index in [1.54, 1.807) is 12.1 Å². The highest BCUT2D eigenvalue weighted by Gasteiger charge is 2.21. The van der Waals surface area contributed by atoms with Crippen LogP contribution in [-0.4, -0.2) is 52.5 Å². The van der Waals surface area contributed by atoms with Crippen molar-refractivity contribution in [2.45, 2.75) is 19.4 Å². The normalized spacial score (nSPS) is 15.4. The Kier molecular flexibility index (Phi) is 6.07. The van der Waals surface area contributed by atoms with Crippen molar-refractivity contribution in [3.8, 4) is 22.1 Å². The minimum Gasteiger partial charge on any atom is -0.494 e. The Morgan fingerprint density at radius 2 is 2.13 bits per heavy atom. The molecule has 0 spiro atoms. The molecule has 3 aromatic rings. The lowest BCUT2D eigenvalue weighted by molar-refractivity contribution is -0.0721. The first kappa shape index (κ1) is 20.5. The van der Waals surface area contributed by atoms with Crippen molar-refractivity contribution in [2.24, 2.45) is 0 Å². The van der Waals surface area contributed by atoms with Crippen LogP contribution in [0.2, 0.25) is 5.15 Å². The molecule has 1 aliphatic rings. The van der Waals surface area contributed by atoms with Gasteiger partial charge >= 0.3 is 0 Å². The predicted octanol–water partition coefficient (Wildman–Crippen LogP) is 3.39. The van der Waals surface area contributed by atoms with Crippen molar-refractivity contribution in [3.63, 3.8) is 0 Å². The van der Waals surface area contributed by atoms with Gasteiger partial charge in [-0.15, -0.1) is 5.10 Å². The Morgan fingerprint density at radius 1 is 1.30 bits per heavy atom. The number of methoxy groups -OCH3 is 1. The lowest BCUT2D eigenvalue weighted by Gasteiger charge is -2.25. The number of aromatic nitrogens is 4. The van der Waals surface area contributed by atoms with Crippen LogP contribution in [0.4, 0.5) is 5.13 Å². The highest BCUT2D eigenvalue weighted by molar-refractivity contribution is 7.17. The van der Waals surface area contributed by atoms with Crippen molar-refractivity contribution in [1.82, 2.24) is 20.2 Å². The summed E-state index contributed by atoms with van der Waals surface area (Å²) in [6.45, 7) is 3.00. The fourth-order valence-corrected chi connectivity index (χ4v) is 3.57. The average molecular weight is 448 g/mol. The number of carbonyl (C=O) groups excluding carboxylic acids is 1. The van der Waals surface area contributed by atoms with Gasteiger partial charge in [-0.05, 0) is 30.4 Å². The van der Waals surface area contributed by atoms with E-state index in [0.717, 1.165) is 30.1 Å². The molecule has 4 heterocycles. The van der Waals surface area contributed by atoms with Crippen LogP contribution in [0.5, 0.6) is 10.9 Å². The van der Waals surface area contributed by atoms with Gasteiger partial charge in [0.25, 0.3) is 11.1 Å². The first-order valence-corrected chi connectivity index (χ1v) is 10.3. The predicted molar refractivity (Wildman–Crippen MR) is 111 cm³/mol. The monoisotopic (exact) mass is 447 g/mol. The smallest absolute Gasteiger partial charge is 0.295 e. The number of aryl methyl sites for hydroxylation is 1. The zero-order valence-corrected chi connectivity index (χ0v) is 17.8. The van der Waals surface area contributed by atoms with Gasteiger partial charge in [0.2, 0.25) is 5.13 Å². The van der Waals surface area contributed by atoms with Crippen molar-refractivity contribution in [2.75, 3.05) is 25.6 Å². The number of ether oxygens (including phenoxy) is 3. The molecule has 1 N–H and O–H groups in total. The number of rotatable bonds is 7. The topological polar surface area (TPSA) is 108 Å². The number of halogens is 1. The number of anilines is 1. The second-order valence-corrected chi connectivity index (χ2v) is 7.83. The van der Waals surface area contributed by atoms with Crippen LogP contribution in [0.15, 0.2) is 24.5 Å². The fraction of sp³-hybridized carbons (Fsp3) is 0.316. The van der Waals surface area contributed by atoms with E-state index >= 15 is 0 Å². The number of nitrogens with one attached hydrogen (secondary N) is 1. The number of nitrogens with zero attached hydrogens (tertiary/aromatic N) is 4. The molecule has 11 heteroatoms. The molecule has 1 saturated heterocycles. The molecule has 0 unspecified atom stereocenters. The Balaban J connectivity index is 1.56. The molecule has 3 aromatic heterocycles. The van der Waals surface area contributed by atoms with E-state index in [4.69, 9.17) is 25.8 Å². The van der Waals surface area contributed by atoms with Crippen LogP contribution in [0.3, 0.4) is 0 Å². The third-order valence-corrected chi connectivity index (χ3v) is 5.40. The number of amides is 1. The van der Waals surface area contributed by atoms with Crippen LogP contribution in [-0.2, 0) is 4.74 Å². The van der Waals surface area contributed by atoms with Crippen molar-refractivity contribution in [3.05, 3.63) is 40.9 Å². The van der Waals surface area contributed by atoms with E-state index in [9.17, 15) is 4.79 Å². The molecular weight excluding hydrogens is 430 g/mol. The van der Waals surface area contributed by atoms with Gasteiger partial charge in [0.15, 0.2) is 0 Å². The van der Waals surface area contributed by atoms with Crippen molar-refractivity contribution >= 4 is 34.0 Å². The summed E-state index contributed by atoms with van der Waals surface area (Å²) >= 11 is 7.21. The van der Waals surface area contributed by atoms with E-state index in [0.29, 0.717) is 39.4 Å². The molecule has 0 saturated carbocycles. The Morgan fingerprint density at radius 3 is 2.87 bits per heavy atom. The molecule has 1 amide bonds. The Bertz CT molecular complexity index is 1070. The second-order valence-electron chi connectivity index (χ2n) is 6.50. The highest BCUT2D eigenvalue weighted by Crippen LogP contribution is 2.34. The summed E-state index contributed by atoms with van der Waals surface area (Å²) in [5.41, 5.74) is 2.32. The summed E-state index contributed by atoms with van der Waals surface area (Å²) in [5, 5.41) is 11.6. The number of carbonyl (C=O) groups is 1. The third-order valence-electron chi connectivity index (χ3n) is 4.44. The van der Waals surface area contributed by atoms with Gasteiger partial charge in [-0.1, -0.05) is 16.7 Å². The zero-order chi connectivity index (χ0) is 21.1. The van der Waals surface area contributed by atoms with E-state index in [1.165, 1.54) is 19.5 Å². The average Bonchev–Trinajstić information content (AvgIpc) is 3.13. The van der Waals surface area contributed by atoms with Crippen LogP contribution in [0.1, 0.15) is 22.5 Å². The van der Waals surface area contributed by atoms with E-state index in [2.05, 4.69) is 25.5 Å². The van der Waals surface area contributed by atoms with Gasteiger partial charge in [0.05, 0.1) is 25.0 Å². The molecule has 30 heavy (non-hydrogen) atoms. The lowest BCUT2D eigenvalue weighted by Crippen LogP contribution is -2.32. The molecular formula is C19H18ClN5O4S. The first-order valence-electron chi connectivity index (χ1n) is 9.09. The largest absolute Gasteiger partial charge is 0.494 e. The Hall–Kier alpha value is -2.82. The van der Waals surface area contributed by atoms with Gasteiger partial charge in [-0.25, -0.2) is 4.98 Å². The fourth-order valence-electron chi connectivity index (χ4n) is 2.82. The van der Waals surface area contributed by atoms with Crippen LogP contribution in [0.25, 0.3) is 11.1 Å². The molecule has 0 radical (unpaired) electrons. The van der Waals surface area contributed by atoms with Gasteiger partial charge < -0.3 is 14.2 Å². The quantitative estimate of drug-likeness (QED) is 0.549. The van der Waals surface area contributed by atoms with Crippen molar-refractivity contribution in [1.29, 1.82) is 0 Å². The van der Waals surface area contributed by atoms with Gasteiger partial charge in [0.1, 0.15) is 17.5 Å². The summed E-state index contributed by atoms with van der Waals surface area (Å²) in [5.74, 6) is 0.0985. The summed E-state index contributed by atoms with van der Waals surface area (Å²) in [6, 6.07) is 3.43. The molecule has 1 atom stereocenters. The number of pyridine rings is 2. The molecule has 4 rings (SSSR count). The summed E-state index contributed by atoms with van der Waals surface area (Å²) < 4.78 is 16.2. The minimum absolute atomic E-state index is 0.0929. The summed E-state index contributed by atoms with van der Waals surface area (Å²) in [7, 11) is 1.53. The SMILES string of the molecule is COc1cnc(Cl)cc1-c1cc(C)ncc1C(=O)Nc1nnc(OC[C@H]2CCO2)s1. The molecule has 9 nitrogen and oxygen atoms in total. The van der Waals surface area contributed by atoms with E-state index in [-0.39, 0.29) is 11.3 Å². The van der Waals surface area contributed by atoms with E-state index in [1.807, 2.05) is 6.92 Å². The molecule has 1 fully saturated rings. The lowest BCUT2D eigenvalue weighted by atomic mass is 10.0. The molecule has 1 aliphatic heterocycles. The summed E-state index contributed by atoms with van der Waals surface area (Å²) in [4.78, 5) is 21.3. The maximum atomic E-state index is 13.0. The summed E-state index contributed by atoms with van der Waals surface area (Å²) in [6.07, 6.45) is 4.07. The minimum atomic E-state index is -0.391.